The third kappa shape index (κ3) is 6.29. The second kappa shape index (κ2) is 11.5. The number of guanidine groups is 1. The average Bonchev–Trinajstić information content (AvgIpc) is 3.20. The lowest BCUT2D eigenvalue weighted by Crippen LogP contribution is -2.52. The molecule has 6 nitrogen and oxygen atoms in total. The molecule has 2 atom stereocenters. The molecule has 29 heavy (non-hydrogen) atoms. The van der Waals surface area contributed by atoms with E-state index < -0.39 is 0 Å². The molecule has 7 heteroatoms. The van der Waals surface area contributed by atoms with Crippen LogP contribution in [-0.2, 0) is 11.3 Å². The molecule has 0 saturated carbocycles. The zero-order chi connectivity index (χ0) is 19.2. The van der Waals surface area contributed by atoms with Crippen LogP contribution >= 0.6 is 24.0 Å². The van der Waals surface area contributed by atoms with Crippen LogP contribution in [0.3, 0.4) is 0 Å². The number of hydrogen-bond acceptors (Lipinski definition) is 4. The van der Waals surface area contributed by atoms with Crippen LogP contribution < -0.4 is 5.32 Å². The van der Waals surface area contributed by atoms with Crippen LogP contribution in [-0.4, -0.2) is 91.8 Å². The minimum absolute atomic E-state index is 0. The molecule has 4 rings (SSSR count). The minimum atomic E-state index is 0. The number of fused-ring (bicyclic) bond motifs is 1. The van der Waals surface area contributed by atoms with Gasteiger partial charge >= 0.3 is 0 Å². The maximum absolute atomic E-state index is 6.09. The third-order valence-electron chi connectivity index (χ3n) is 6.16. The van der Waals surface area contributed by atoms with Gasteiger partial charge in [0.1, 0.15) is 0 Å². The number of morpholine rings is 1. The van der Waals surface area contributed by atoms with E-state index in [4.69, 9.17) is 9.73 Å². The van der Waals surface area contributed by atoms with Crippen LogP contribution in [0.4, 0.5) is 0 Å². The van der Waals surface area contributed by atoms with Gasteiger partial charge in [0.15, 0.2) is 5.96 Å². The van der Waals surface area contributed by atoms with Crippen LogP contribution in [0.5, 0.6) is 0 Å². The highest BCUT2D eigenvalue weighted by atomic mass is 127. The van der Waals surface area contributed by atoms with Gasteiger partial charge in [-0.2, -0.15) is 0 Å². The molecule has 0 radical (unpaired) electrons. The summed E-state index contributed by atoms with van der Waals surface area (Å²) in [6, 6.07) is 11.4. The zero-order valence-electron chi connectivity index (χ0n) is 17.6. The van der Waals surface area contributed by atoms with E-state index >= 15 is 0 Å². The van der Waals surface area contributed by atoms with E-state index in [1.165, 1.54) is 24.9 Å². The molecule has 1 aromatic rings. The summed E-state index contributed by atoms with van der Waals surface area (Å²) in [5, 5.41) is 3.49. The van der Waals surface area contributed by atoms with E-state index in [1.807, 2.05) is 0 Å². The van der Waals surface area contributed by atoms with Gasteiger partial charge < -0.3 is 15.0 Å². The van der Waals surface area contributed by atoms with Gasteiger partial charge in [-0.25, -0.2) is 0 Å². The fourth-order valence-electron chi connectivity index (χ4n) is 4.57. The average molecular weight is 513 g/mol. The van der Waals surface area contributed by atoms with Crippen LogP contribution in [0.2, 0.25) is 0 Å². The monoisotopic (exact) mass is 513 g/mol. The highest BCUT2D eigenvalue weighted by molar-refractivity contribution is 14.0. The summed E-state index contributed by atoms with van der Waals surface area (Å²) in [4.78, 5) is 12.5. The number of ether oxygens (including phenoxy) is 1. The lowest BCUT2D eigenvalue weighted by molar-refractivity contribution is -0.0433. The van der Waals surface area contributed by atoms with Crippen molar-refractivity contribution in [3.63, 3.8) is 0 Å². The molecule has 0 amide bonds. The van der Waals surface area contributed by atoms with E-state index in [9.17, 15) is 0 Å². The molecule has 2 unspecified atom stereocenters. The first-order chi connectivity index (χ1) is 13.8. The Balaban J connectivity index is 0.00000240. The van der Waals surface area contributed by atoms with Gasteiger partial charge in [0.05, 0.1) is 19.3 Å². The van der Waals surface area contributed by atoms with Crippen LogP contribution in [0, 0.1) is 0 Å². The zero-order valence-corrected chi connectivity index (χ0v) is 20.0. The number of benzene rings is 1. The summed E-state index contributed by atoms with van der Waals surface area (Å²) in [6.45, 7) is 12.2. The number of hydrogen-bond donors (Lipinski definition) is 1. The van der Waals surface area contributed by atoms with Crippen molar-refractivity contribution in [2.45, 2.75) is 38.5 Å². The van der Waals surface area contributed by atoms with Crippen molar-refractivity contribution in [3.8, 4) is 0 Å². The van der Waals surface area contributed by atoms with E-state index in [-0.39, 0.29) is 30.1 Å². The Bertz CT molecular complexity index is 635. The molecule has 162 valence electrons. The van der Waals surface area contributed by atoms with E-state index in [1.54, 1.807) is 0 Å². The second-order valence-electron chi connectivity index (χ2n) is 8.19. The Kier molecular flexibility index (Phi) is 9.02. The number of halogens is 1. The predicted molar refractivity (Wildman–Crippen MR) is 129 cm³/mol. The quantitative estimate of drug-likeness (QED) is 0.372. The number of rotatable bonds is 5. The van der Waals surface area contributed by atoms with Crippen molar-refractivity contribution in [1.29, 1.82) is 0 Å². The molecule has 1 aromatic carbocycles. The van der Waals surface area contributed by atoms with E-state index in [0.717, 1.165) is 64.9 Å². The molecular weight excluding hydrogens is 477 g/mol. The summed E-state index contributed by atoms with van der Waals surface area (Å²) >= 11 is 0. The first kappa shape index (κ1) is 22.8. The number of nitrogens with zero attached hydrogens (tertiary/aromatic N) is 4. The molecule has 0 aromatic heterocycles. The van der Waals surface area contributed by atoms with Crippen molar-refractivity contribution in [2.24, 2.45) is 4.99 Å². The van der Waals surface area contributed by atoms with E-state index in [2.05, 4.69) is 57.3 Å². The van der Waals surface area contributed by atoms with Crippen molar-refractivity contribution in [1.82, 2.24) is 20.0 Å². The summed E-state index contributed by atoms with van der Waals surface area (Å²) < 4.78 is 6.09. The summed E-state index contributed by atoms with van der Waals surface area (Å²) in [5.74, 6) is 1.05. The van der Waals surface area contributed by atoms with Crippen LogP contribution in [0.1, 0.15) is 25.3 Å². The van der Waals surface area contributed by atoms with Crippen LogP contribution in [0.25, 0.3) is 0 Å². The Hall–Kier alpha value is -0.900. The molecule has 3 fully saturated rings. The highest BCUT2D eigenvalue weighted by Crippen LogP contribution is 2.22. The maximum atomic E-state index is 6.09. The largest absolute Gasteiger partial charge is 0.373 e. The Labute approximate surface area is 192 Å². The molecule has 0 aliphatic carbocycles. The lowest BCUT2D eigenvalue weighted by Gasteiger charge is -2.37. The Morgan fingerprint density at radius 2 is 1.93 bits per heavy atom. The molecule has 3 aliphatic rings. The van der Waals surface area contributed by atoms with Crippen molar-refractivity contribution in [3.05, 3.63) is 35.9 Å². The smallest absolute Gasteiger partial charge is 0.194 e. The Morgan fingerprint density at radius 3 is 2.69 bits per heavy atom. The molecule has 0 bridgehead atoms. The van der Waals surface area contributed by atoms with Gasteiger partial charge in [-0.15, -0.1) is 24.0 Å². The van der Waals surface area contributed by atoms with Gasteiger partial charge in [-0.1, -0.05) is 30.3 Å². The lowest BCUT2D eigenvalue weighted by atomic mass is 10.2. The predicted octanol–water partition coefficient (Wildman–Crippen LogP) is 2.25. The van der Waals surface area contributed by atoms with Crippen molar-refractivity contribution >= 4 is 29.9 Å². The van der Waals surface area contributed by atoms with Gasteiger partial charge in [0, 0.05) is 51.9 Å². The molecule has 3 saturated heterocycles. The molecular formula is C22H36IN5O. The first-order valence-electron chi connectivity index (χ1n) is 11.0. The van der Waals surface area contributed by atoms with Crippen LogP contribution in [0.15, 0.2) is 35.3 Å². The second-order valence-corrected chi connectivity index (χ2v) is 8.19. The minimum Gasteiger partial charge on any atom is -0.373 e. The SMILES string of the molecule is CCNC(=NCC1CN2CCCC2CO1)N1CCN(Cc2ccccc2)CC1.I. The standard InChI is InChI=1S/C22H35N5O.HI/c1-2-23-22(24-15-21-17-27-10-6-9-20(27)18-28-21)26-13-11-25(12-14-26)16-19-7-4-3-5-8-19;/h3-5,7-8,20-21H,2,6,9-18H2,1H3,(H,23,24);1H. The number of piperazine rings is 1. The summed E-state index contributed by atoms with van der Waals surface area (Å²) in [5.41, 5.74) is 1.39. The van der Waals surface area contributed by atoms with Gasteiger partial charge in [-0.3, -0.25) is 14.8 Å². The summed E-state index contributed by atoms with van der Waals surface area (Å²) in [6.07, 6.45) is 2.86. The number of aliphatic imine (C=N–C) groups is 1. The molecule has 3 aliphatic heterocycles. The fourth-order valence-corrected chi connectivity index (χ4v) is 4.57. The normalized spacial score (nSPS) is 26.1. The molecule has 1 N–H and O–H groups in total. The van der Waals surface area contributed by atoms with Gasteiger partial charge in [0.25, 0.3) is 0 Å². The van der Waals surface area contributed by atoms with E-state index in [0.29, 0.717) is 6.04 Å². The van der Waals surface area contributed by atoms with Crippen molar-refractivity contribution < 1.29 is 4.74 Å². The number of nitrogens with one attached hydrogen (secondary N) is 1. The maximum Gasteiger partial charge on any atom is 0.194 e. The third-order valence-corrected chi connectivity index (χ3v) is 6.16. The van der Waals surface area contributed by atoms with Gasteiger partial charge in [0.2, 0.25) is 0 Å². The highest BCUT2D eigenvalue weighted by Gasteiger charge is 2.32. The fraction of sp³-hybridized carbons (Fsp3) is 0.682. The van der Waals surface area contributed by atoms with Gasteiger partial charge in [-0.05, 0) is 31.9 Å². The topological polar surface area (TPSA) is 43.3 Å². The summed E-state index contributed by atoms with van der Waals surface area (Å²) in [7, 11) is 0. The first-order valence-corrected chi connectivity index (χ1v) is 11.0. The molecule has 3 heterocycles. The van der Waals surface area contributed by atoms with Crippen molar-refractivity contribution in [2.75, 3.05) is 59.0 Å². The Morgan fingerprint density at radius 1 is 1.14 bits per heavy atom. The molecule has 0 spiro atoms.